The third-order valence-electron chi connectivity index (χ3n) is 2.53. The zero-order valence-corrected chi connectivity index (χ0v) is 11.1. The first-order chi connectivity index (χ1) is 8.97. The highest BCUT2D eigenvalue weighted by Gasteiger charge is 2.09. The molecule has 0 saturated heterocycles. The molecule has 2 aromatic carbocycles. The number of nitrogens with one attached hydrogen (secondary N) is 1. The summed E-state index contributed by atoms with van der Waals surface area (Å²) in [6.45, 7) is 0.233. The molecule has 0 atom stereocenters. The average molecular weight is 302 g/mol. The fourth-order valence-electron chi connectivity index (χ4n) is 1.60. The molecule has 3 nitrogen and oxygen atoms in total. The van der Waals surface area contributed by atoms with Gasteiger partial charge in [-0.2, -0.15) is 0 Å². The molecule has 0 bridgehead atoms. The van der Waals surface area contributed by atoms with E-state index in [0.717, 1.165) is 12.1 Å². The lowest BCUT2D eigenvalue weighted by atomic mass is 10.2. The number of halogens is 3. The van der Waals surface area contributed by atoms with Crippen LogP contribution in [-0.2, 0) is 6.54 Å². The van der Waals surface area contributed by atoms with Gasteiger partial charge < -0.3 is 15.5 Å². The Morgan fingerprint density at radius 3 is 2.26 bits per heavy atom. The number of hydrogen-bond acceptors (Lipinski definition) is 3. The van der Waals surface area contributed by atoms with Crippen molar-refractivity contribution in [3.8, 4) is 11.5 Å². The Hall–Kier alpha value is -1.65. The van der Waals surface area contributed by atoms with Crippen molar-refractivity contribution in [3.05, 3.63) is 51.8 Å². The van der Waals surface area contributed by atoms with E-state index in [-0.39, 0.29) is 28.1 Å². The Bertz CT molecular complexity index is 597. The van der Waals surface area contributed by atoms with E-state index in [9.17, 15) is 14.6 Å². The summed E-state index contributed by atoms with van der Waals surface area (Å²) in [6, 6.07) is 6.53. The summed E-state index contributed by atoms with van der Waals surface area (Å²) >= 11 is 11.8. The molecule has 0 amide bonds. The lowest BCUT2D eigenvalue weighted by Crippen LogP contribution is -2.01. The number of phenolic OH excluding ortho intramolecular Hbond substituents is 2. The third kappa shape index (κ3) is 3.22. The molecule has 0 aliphatic rings. The van der Waals surface area contributed by atoms with Crippen molar-refractivity contribution in [2.45, 2.75) is 6.54 Å². The molecule has 100 valence electrons. The van der Waals surface area contributed by atoms with Crippen LogP contribution in [0.5, 0.6) is 11.5 Å². The van der Waals surface area contributed by atoms with Crippen LogP contribution in [-0.4, -0.2) is 10.2 Å². The molecular formula is C13H10Cl2FNO2. The molecule has 0 unspecified atom stereocenters. The van der Waals surface area contributed by atoms with Gasteiger partial charge in [0.2, 0.25) is 0 Å². The second kappa shape index (κ2) is 5.55. The highest BCUT2D eigenvalue weighted by Crippen LogP contribution is 2.32. The molecule has 0 spiro atoms. The van der Waals surface area contributed by atoms with Crippen LogP contribution >= 0.6 is 23.2 Å². The minimum Gasteiger partial charge on any atom is -0.508 e. The normalized spacial score (nSPS) is 10.5. The van der Waals surface area contributed by atoms with Gasteiger partial charge in [-0.15, -0.1) is 0 Å². The van der Waals surface area contributed by atoms with E-state index in [0.29, 0.717) is 11.3 Å². The lowest BCUT2D eigenvalue weighted by molar-refractivity contribution is 0.446. The van der Waals surface area contributed by atoms with Crippen LogP contribution in [0.3, 0.4) is 0 Å². The van der Waals surface area contributed by atoms with Crippen molar-refractivity contribution in [2.75, 3.05) is 5.32 Å². The fourth-order valence-corrected chi connectivity index (χ4v) is 2.19. The van der Waals surface area contributed by atoms with Gasteiger partial charge >= 0.3 is 0 Å². The topological polar surface area (TPSA) is 52.5 Å². The summed E-state index contributed by atoms with van der Waals surface area (Å²) in [6.07, 6.45) is 0. The molecule has 0 heterocycles. The van der Waals surface area contributed by atoms with Crippen molar-refractivity contribution in [1.82, 2.24) is 0 Å². The molecule has 19 heavy (non-hydrogen) atoms. The molecule has 3 N–H and O–H groups in total. The summed E-state index contributed by atoms with van der Waals surface area (Å²) in [7, 11) is 0. The number of aromatic hydroxyl groups is 2. The summed E-state index contributed by atoms with van der Waals surface area (Å²) in [4.78, 5) is 0. The summed E-state index contributed by atoms with van der Waals surface area (Å²) in [5.41, 5.74) is 0.937. The van der Waals surface area contributed by atoms with Gasteiger partial charge in [0.1, 0.15) is 17.3 Å². The van der Waals surface area contributed by atoms with Crippen molar-refractivity contribution >= 4 is 28.9 Å². The molecule has 0 aromatic heterocycles. The van der Waals surface area contributed by atoms with Gasteiger partial charge in [-0.1, -0.05) is 23.2 Å². The fraction of sp³-hybridized carbons (Fsp3) is 0.0769. The Morgan fingerprint density at radius 2 is 1.68 bits per heavy atom. The predicted octanol–water partition coefficient (Wildman–Crippen LogP) is 4.16. The maximum Gasteiger partial charge on any atom is 0.126 e. The molecule has 2 aromatic rings. The molecule has 0 radical (unpaired) electrons. The minimum atomic E-state index is -0.520. The van der Waals surface area contributed by atoms with Gasteiger partial charge in [0.25, 0.3) is 0 Å². The molecule has 0 saturated carbocycles. The van der Waals surface area contributed by atoms with Crippen LogP contribution in [0.4, 0.5) is 10.1 Å². The highest BCUT2D eigenvalue weighted by atomic mass is 35.5. The van der Waals surface area contributed by atoms with Crippen LogP contribution in [0.1, 0.15) is 5.56 Å². The zero-order valence-electron chi connectivity index (χ0n) is 9.62. The predicted molar refractivity (Wildman–Crippen MR) is 73.5 cm³/mol. The maximum absolute atomic E-state index is 13.0. The number of phenols is 2. The molecule has 6 heteroatoms. The largest absolute Gasteiger partial charge is 0.508 e. The number of rotatable bonds is 3. The Labute approximate surface area is 119 Å². The van der Waals surface area contributed by atoms with Crippen LogP contribution in [0.25, 0.3) is 0 Å². The van der Waals surface area contributed by atoms with E-state index in [1.165, 1.54) is 12.1 Å². The highest BCUT2D eigenvalue weighted by molar-refractivity contribution is 6.39. The van der Waals surface area contributed by atoms with E-state index < -0.39 is 5.82 Å². The number of benzene rings is 2. The third-order valence-corrected chi connectivity index (χ3v) is 3.13. The van der Waals surface area contributed by atoms with Gasteiger partial charge in [0.05, 0.1) is 15.7 Å². The van der Waals surface area contributed by atoms with Crippen molar-refractivity contribution in [2.24, 2.45) is 0 Å². The van der Waals surface area contributed by atoms with Crippen molar-refractivity contribution in [3.63, 3.8) is 0 Å². The molecular weight excluding hydrogens is 292 g/mol. The zero-order chi connectivity index (χ0) is 14.0. The van der Waals surface area contributed by atoms with E-state index in [1.807, 2.05) is 0 Å². The van der Waals surface area contributed by atoms with E-state index in [4.69, 9.17) is 23.2 Å². The Morgan fingerprint density at radius 1 is 1.05 bits per heavy atom. The Kier molecular flexibility index (Phi) is 4.02. The van der Waals surface area contributed by atoms with Gasteiger partial charge in [0.15, 0.2) is 0 Å². The first kappa shape index (κ1) is 13.8. The molecule has 0 aliphatic heterocycles. The van der Waals surface area contributed by atoms with E-state index >= 15 is 0 Å². The monoisotopic (exact) mass is 301 g/mol. The van der Waals surface area contributed by atoms with Crippen LogP contribution < -0.4 is 5.32 Å². The summed E-state index contributed by atoms with van der Waals surface area (Å²) < 4.78 is 13.0. The lowest BCUT2D eigenvalue weighted by Gasteiger charge is -2.11. The first-order valence-electron chi connectivity index (χ1n) is 5.36. The first-order valence-corrected chi connectivity index (χ1v) is 6.12. The second-order valence-corrected chi connectivity index (χ2v) is 4.73. The Balaban J connectivity index is 2.19. The van der Waals surface area contributed by atoms with Crippen LogP contribution in [0.2, 0.25) is 10.0 Å². The summed E-state index contributed by atoms with van der Waals surface area (Å²) in [5, 5.41) is 22.0. The number of anilines is 1. The summed E-state index contributed by atoms with van der Waals surface area (Å²) in [5.74, 6) is -0.603. The van der Waals surface area contributed by atoms with Gasteiger partial charge in [0, 0.05) is 18.2 Å². The minimum absolute atomic E-state index is 0.0286. The van der Waals surface area contributed by atoms with E-state index in [2.05, 4.69) is 5.32 Å². The quantitative estimate of drug-likeness (QED) is 0.798. The number of hydrogen-bond donors (Lipinski definition) is 3. The van der Waals surface area contributed by atoms with Crippen LogP contribution in [0, 0.1) is 5.82 Å². The maximum atomic E-state index is 13.0. The van der Waals surface area contributed by atoms with Gasteiger partial charge in [-0.05, 0) is 24.3 Å². The standard InChI is InChI=1S/C13H10Cl2FNO2/c14-10-3-8(16)4-11(15)13(10)17-6-7-1-2-9(18)5-12(7)19/h1-5,17-19H,6H2. The SMILES string of the molecule is Oc1ccc(CNc2c(Cl)cc(F)cc2Cl)c(O)c1. The molecule has 0 fully saturated rings. The molecule has 0 aliphatic carbocycles. The molecule has 2 rings (SSSR count). The van der Waals surface area contributed by atoms with Gasteiger partial charge in [-0.3, -0.25) is 0 Å². The second-order valence-electron chi connectivity index (χ2n) is 3.91. The van der Waals surface area contributed by atoms with E-state index in [1.54, 1.807) is 6.07 Å². The van der Waals surface area contributed by atoms with Gasteiger partial charge in [-0.25, -0.2) is 4.39 Å². The van der Waals surface area contributed by atoms with Crippen molar-refractivity contribution in [1.29, 1.82) is 0 Å². The average Bonchev–Trinajstić information content (AvgIpc) is 2.30. The van der Waals surface area contributed by atoms with Crippen LogP contribution in [0.15, 0.2) is 30.3 Å². The van der Waals surface area contributed by atoms with Crippen molar-refractivity contribution < 1.29 is 14.6 Å². The smallest absolute Gasteiger partial charge is 0.126 e.